The highest BCUT2D eigenvalue weighted by atomic mass is 32.2. The zero-order valence-corrected chi connectivity index (χ0v) is 12.5. The average molecular weight is 284 g/mol. The Morgan fingerprint density at radius 3 is 2.47 bits per heavy atom. The number of rotatable bonds is 4. The van der Waals surface area contributed by atoms with Crippen molar-refractivity contribution in [2.24, 2.45) is 5.73 Å². The van der Waals surface area contributed by atoms with Gasteiger partial charge in [0.05, 0.1) is 4.90 Å². The van der Waals surface area contributed by atoms with Gasteiger partial charge < -0.3 is 10.6 Å². The Hall–Kier alpha value is -1.40. The third-order valence-electron chi connectivity index (χ3n) is 3.19. The molecule has 0 spiro atoms. The molecule has 1 unspecified atom stereocenters. The summed E-state index contributed by atoms with van der Waals surface area (Å²) in [7, 11) is -1.66. The number of aryl methyl sites for hydroxylation is 1. The summed E-state index contributed by atoms with van der Waals surface area (Å²) in [6.07, 6.45) is 1.12. The first-order valence-corrected chi connectivity index (χ1v) is 7.85. The number of hydrogen-bond acceptors (Lipinski definition) is 4. The van der Waals surface area contributed by atoms with Crippen molar-refractivity contribution >= 4 is 15.7 Å². The normalized spacial score (nSPS) is 13.1. The predicted octanol–water partition coefficient (Wildman–Crippen LogP) is 0.818. The van der Waals surface area contributed by atoms with Crippen LogP contribution in [0.2, 0.25) is 0 Å². The van der Waals surface area contributed by atoms with Gasteiger partial charge in [-0.1, -0.05) is 6.07 Å². The van der Waals surface area contributed by atoms with Gasteiger partial charge in [-0.3, -0.25) is 4.79 Å². The van der Waals surface area contributed by atoms with Crippen molar-refractivity contribution in [1.29, 1.82) is 0 Å². The molecule has 0 radical (unpaired) electrons. The summed E-state index contributed by atoms with van der Waals surface area (Å²) in [6.45, 7) is 3.97. The summed E-state index contributed by atoms with van der Waals surface area (Å²) in [5.74, 6) is -0.221. The highest BCUT2D eigenvalue weighted by Gasteiger charge is 2.20. The minimum absolute atomic E-state index is 0.103. The van der Waals surface area contributed by atoms with Crippen LogP contribution in [0, 0.1) is 6.92 Å². The molecule has 19 heavy (non-hydrogen) atoms. The minimum Gasteiger partial charge on any atom is -0.338 e. The van der Waals surface area contributed by atoms with Crippen LogP contribution in [0.3, 0.4) is 0 Å². The Labute approximate surface area is 114 Å². The number of nitrogens with two attached hydrogens (primary N) is 1. The highest BCUT2D eigenvalue weighted by molar-refractivity contribution is 7.90. The lowest BCUT2D eigenvalue weighted by atomic mass is 10.1. The van der Waals surface area contributed by atoms with E-state index in [1.54, 1.807) is 20.0 Å². The quantitative estimate of drug-likeness (QED) is 0.887. The summed E-state index contributed by atoms with van der Waals surface area (Å²) in [4.78, 5) is 14.0. The van der Waals surface area contributed by atoms with E-state index in [-0.39, 0.29) is 16.8 Å². The van der Waals surface area contributed by atoms with Crippen molar-refractivity contribution in [3.05, 3.63) is 29.3 Å². The summed E-state index contributed by atoms with van der Waals surface area (Å²) in [5, 5.41) is 0. The number of carbonyl (C=O) groups excluding carboxylic acids is 1. The zero-order valence-electron chi connectivity index (χ0n) is 11.7. The average Bonchev–Trinajstić information content (AvgIpc) is 2.35. The second kappa shape index (κ2) is 5.71. The van der Waals surface area contributed by atoms with Crippen LogP contribution in [0.1, 0.15) is 22.8 Å². The molecule has 2 N–H and O–H groups in total. The number of likely N-dealkylation sites (N-methyl/N-ethyl adjacent to an activating group) is 1. The molecule has 1 aromatic carbocycles. The summed E-state index contributed by atoms with van der Waals surface area (Å²) in [6, 6.07) is 4.47. The van der Waals surface area contributed by atoms with E-state index in [0.717, 1.165) is 11.8 Å². The minimum atomic E-state index is -3.32. The van der Waals surface area contributed by atoms with Gasteiger partial charge in [0.1, 0.15) is 0 Å². The molecule has 1 amide bonds. The predicted molar refractivity (Wildman–Crippen MR) is 74.9 cm³/mol. The van der Waals surface area contributed by atoms with Crippen LogP contribution in [0.15, 0.2) is 23.1 Å². The van der Waals surface area contributed by atoms with Crippen LogP contribution < -0.4 is 5.73 Å². The monoisotopic (exact) mass is 284 g/mol. The second-order valence-corrected chi connectivity index (χ2v) is 6.77. The standard InChI is InChI=1S/C13H20N2O3S/c1-9-5-6-11(19(4,17)18)7-12(9)13(16)15(3)10(2)8-14/h5-7,10H,8,14H2,1-4H3. The molecule has 0 aliphatic rings. The molecule has 0 bridgehead atoms. The lowest BCUT2D eigenvalue weighted by Crippen LogP contribution is -2.40. The first-order valence-electron chi connectivity index (χ1n) is 5.96. The van der Waals surface area contributed by atoms with Crippen LogP contribution in [0.4, 0.5) is 0 Å². The van der Waals surface area contributed by atoms with E-state index in [2.05, 4.69) is 0 Å². The fraction of sp³-hybridized carbons (Fsp3) is 0.462. The first-order chi connectivity index (χ1) is 8.68. The van der Waals surface area contributed by atoms with Crippen molar-refractivity contribution in [2.75, 3.05) is 19.8 Å². The van der Waals surface area contributed by atoms with Crippen molar-refractivity contribution in [3.8, 4) is 0 Å². The third kappa shape index (κ3) is 3.54. The molecular formula is C13H20N2O3S. The maximum absolute atomic E-state index is 12.3. The molecule has 5 nitrogen and oxygen atoms in total. The summed E-state index contributed by atoms with van der Waals surface area (Å²) in [5.41, 5.74) is 6.67. The van der Waals surface area contributed by atoms with Gasteiger partial charge in [0.15, 0.2) is 9.84 Å². The van der Waals surface area contributed by atoms with Gasteiger partial charge in [-0.15, -0.1) is 0 Å². The van der Waals surface area contributed by atoms with E-state index in [4.69, 9.17) is 5.73 Å². The van der Waals surface area contributed by atoms with Gasteiger partial charge in [0.25, 0.3) is 5.91 Å². The molecule has 0 aliphatic carbocycles. The number of benzene rings is 1. The molecular weight excluding hydrogens is 264 g/mol. The number of carbonyl (C=O) groups is 1. The van der Waals surface area contributed by atoms with E-state index in [1.807, 2.05) is 6.92 Å². The van der Waals surface area contributed by atoms with E-state index >= 15 is 0 Å². The Bertz CT molecular complexity index is 582. The SMILES string of the molecule is Cc1ccc(S(C)(=O)=O)cc1C(=O)N(C)C(C)CN. The van der Waals surface area contributed by atoms with Crippen LogP contribution in [0.25, 0.3) is 0 Å². The lowest BCUT2D eigenvalue weighted by molar-refractivity contribution is 0.0747. The van der Waals surface area contributed by atoms with Crippen LogP contribution in [0.5, 0.6) is 0 Å². The molecule has 0 aromatic heterocycles. The topological polar surface area (TPSA) is 80.5 Å². The molecule has 0 heterocycles. The highest BCUT2D eigenvalue weighted by Crippen LogP contribution is 2.17. The van der Waals surface area contributed by atoms with E-state index in [1.165, 1.54) is 17.0 Å². The molecule has 0 fully saturated rings. The number of nitrogens with zero attached hydrogens (tertiary/aromatic N) is 1. The second-order valence-electron chi connectivity index (χ2n) is 4.75. The summed E-state index contributed by atoms with van der Waals surface area (Å²) < 4.78 is 23.1. The van der Waals surface area contributed by atoms with Crippen LogP contribution >= 0.6 is 0 Å². The van der Waals surface area contributed by atoms with Gasteiger partial charge in [-0.05, 0) is 31.5 Å². The van der Waals surface area contributed by atoms with Crippen molar-refractivity contribution in [2.45, 2.75) is 24.8 Å². The fourth-order valence-electron chi connectivity index (χ4n) is 1.61. The Kier molecular flexibility index (Phi) is 4.70. The van der Waals surface area contributed by atoms with Gasteiger partial charge in [-0.25, -0.2) is 8.42 Å². The van der Waals surface area contributed by atoms with Gasteiger partial charge in [-0.2, -0.15) is 0 Å². The fourth-order valence-corrected chi connectivity index (χ4v) is 2.26. The Balaban J connectivity index is 3.24. The molecule has 6 heteroatoms. The van der Waals surface area contributed by atoms with Crippen molar-refractivity contribution in [3.63, 3.8) is 0 Å². The number of amides is 1. The Morgan fingerprint density at radius 2 is 2.00 bits per heavy atom. The van der Waals surface area contributed by atoms with Gasteiger partial charge in [0.2, 0.25) is 0 Å². The third-order valence-corrected chi connectivity index (χ3v) is 4.30. The molecule has 1 aromatic rings. The molecule has 1 atom stereocenters. The maximum Gasteiger partial charge on any atom is 0.254 e. The lowest BCUT2D eigenvalue weighted by Gasteiger charge is -2.24. The van der Waals surface area contributed by atoms with Crippen LogP contribution in [-0.2, 0) is 9.84 Å². The zero-order chi connectivity index (χ0) is 14.8. The van der Waals surface area contributed by atoms with E-state index in [0.29, 0.717) is 12.1 Å². The smallest absolute Gasteiger partial charge is 0.254 e. The van der Waals surface area contributed by atoms with Gasteiger partial charge >= 0.3 is 0 Å². The van der Waals surface area contributed by atoms with Crippen molar-refractivity contribution in [1.82, 2.24) is 4.90 Å². The molecule has 0 aliphatic heterocycles. The Morgan fingerprint density at radius 1 is 1.42 bits per heavy atom. The molecule has 0 saturated heterocycles. The van der Waals surface area contributed by atoms with E-state index < -0.39 is 9.84 Å². The maximum atomic E-state index is 12.3. The first kappa shape index (κ1) is 15.7. The number of sulfone groups is 1. The largest absolute Gasteiger partial charge is 0.338 e. The van der Waals surface area contributed by atoms with E-state index in [9.17, 15) is 13.2 Å². The number of hydrogen-bond donors (Lipinski definition) is 1. The molecule has 106 valence electrons. The van der Waals surface area contributed by atoms with Crippen LogP contribution in [-0.4, -0.2) is 45.1 Å². The molecule has 1 rings (SSSR count). The summed E-state index contributed by atoms with van der Waals surface area (Å²) >= 11 is 0. The molecule has 0 saturated carbocycles. The van der Waals surface area contributed by atoms with Gasteiger partial charge in [0, 0.05) is 31.5 Å². The van der Waals surface area contributed by atoms with Crippen molar-refractivity contribution < 1.29 is 13.2 Å².